The summed E-state index contributed by atoms with van der Waals surface area (Å²) in [7, 11) is 1.46. The molecule has 1 aromatic carbocycles. The highest BCUT2D eigenvalue weighted by Crippen LogP contribution is 2.50. The van der Waals surface area contributed by atoms with Gasteiger partial charge < -0.3 is 29.7 Å². The lowest BCUT2D eigenvalue weighted by molar-refractivity contribution is -0.244. The molecule has 7 atom stereocenters. The first-order chi connectivity index (χ1) is 26.4. The highest BCUT2D eigenvalue weighted by Gasteiger charge is 2.62. The quantitative estimate of drug-likeness (QED) is 0.154. The van der Waals surface area contributed by atoms with Crippen molar-refractivity contribution in [1.29, 1.82) is 0 Å². The molecule has 6 rings (SSSR count). The summed E-state index contributed by atoms with van der Waals surface area (Å²) in [5.41, 5.74) is -4.23. The Labute approximate surface area is 327 Å². The van der Waals surface area contributed by atoms with E-state index in [0.717, 1.165) is 17.3 Å². The second kappa shape index (κ2) is 15.9. The summed E-state index contributed by atoms with van der Waals surface area (Å²) >= 11 is 1.02. The van der Waals surface area contributed by atoms with Crippen molar-refractivity contribution in [3.63, 3.8) is 0 Å². The molecule has 3 heterocycles. The third kappa shape index (κ3) is 8.81. The van der Waals surface area contributed by atoms with Crippen LogP contribution in [0.25, 0.3) is 10.8 Å². The minimum Gasteiger partial charge on any atom is -0.481 e. The van der Waals surface area contributed by atoms with E-state index in [1.54, 1.807) is 25.1 Å². The van der Waals surface area contributed by atoms with Crippen LogP contribution < -0.4 is 24.8 Å². The molecule has 0 radical (unpaired) electrons. The van der Waals surface area contributed by atoms with E-state index >= 15 is 0 Å². The number of rotatable bonds is 9. The lowest BCUT2D eigenvalue weighted by atomic mass is 9.88. The molecule has 3 N–H and O–H groups in total. The number of amides is 4. The van der Waals surface area contributed by atoms with Gasteiger partial charge in [-0.2, -0.15) is 18.2 Å². The minimum atomic E-state index is -4.89. The minimum absolute atomic E-state index is 0.0104. The molecule has 1 saturated heterocycles. The van der Waals surface area contributed by atoms with Gasteiger partial charge in [-0.3, -0.25) is 19.1 Å². The van der Waals surface area contributed by atoms with Gasteiger partial charge in [0, 0.05) is 23.8 Å². The molecule has 0 unspecified atom stereocenters. The van der Waals surface area contributed by atoms with Gasteiger partial charge in [0.2, 0.25) is 29.2 Å². The van der Waals surface area contributed by atoms with Crippen LogP contribution in [0.2, 0.25) is 0 Å². The molecular formula is C39H49F4N5O7S. The van der Waals surface area contributed by atoms with Crippen LogP contribution >= 0.6 is 11.9 Å². The van der Waals surface area contributed by atoms with E-state index in [2.05, 4.69) is 20.3 Å². The van der Waals surface area contributed by atoms with E-state index in [1.165, 1.54) is 12.0 Å². The zero-order valence-corrected chi connectivity index (χ0v) is 32.9. The molecule has 4 aliphatic rings. The summed E-state index contributed by atoms with van der Waals surface area (Å²) in [6.45, 7) is 4.33. The zero-order valence-electron chi connectivity index (χ0n) is 32.0. The predicted molar refractivity (Wildman–Crippen MR) is 200 cm³/mol. The number of ether oxygens (including phenoxy) is 3. The third-order valence-corrected chi connectivity index (χ3v) is 12.5. The fourth-order valence-electron chi connectivity index (χ4n) is 7.41. The van der Waals surface area contributed by atoms with Crippen LogP contribution in [0.15, 0.2) is 42.5 Å². The standard InChI is InChI=1S/C39H49F4N5O7S/c1-22-10-6-8-12-25-19-38(25,34(51)47-56-37(21-40)14-15-37)46-31(49)28-18-26(54-32-27-13-9-7-11-24(27)17-29(44-32)53-5)20-48(28)33(50)30(23(2)16-22)45-35(52)55-36(3,4)39(41,42)43/h7-9,11-13,17,22-23,25-26,28,30H,6,10,14-16,18-21H2,1-5H3,(H,45,52)(H,46,49)(H,47,51)/b12-8-/t22-,23-,25-,26-,28+,30+,38-/m1/s1. The molecule has 1 aromatic heterocycles. The molecule has 4 amide bonds. The Bertz CT molecular complexity index is 1860. The molecule has 2 aliphatic heterocycles. The topological polar surface area (TPSA) is 148 Å². The maximum Gasteiger partial charge on any atom is 0.427 e. The van der Waals surface area contributed by atoms with E-state index in [9.17, 15) is 36.7 Å². The number of alkyl halides is 4. The Morgan fingerprint density at radius 3 is 2.54 bits per heavy atom. The van der Waals surface area contributed by atoms with Crippen molar-refractivity contribution < 1.29 is 51.0 Å². The molecule has 306 valence electrons. The molecule has 2 saturated carbocycles. The van der Waals surface area contributed by atoms with Crippen LogP contribution in [0.1, 0.15) is 72.6 Å². The SMILES string of the molecule is COc1cc2ccccc2c(O[C@@H]2C[C@H]3C(=O)N[C@]4(C(=O)NSC5(CF)CC5)C[C@H]4/C=C\CC[C@@H](C)C[C@@H](C)[C@H](NC(=O)OC(C)(C)C(F)(F)F)C(=O)N3C2)n1. The maximum atomic E-state index is 14.7. The van der Waals surface area contributed by atoms with Gasteiger partial charge in [0.25, 0.3) is 5.91 Å². The number of benzene rings is 1. The number of allylic oxidation sites excluding steroid dienone is 1. The first kappa shape index (κ1) is 41.4. The number of pyridine rings is 1. The van der Waals surface area contributed by atoms with Crippen LogP contribution in [0.5, 0.6) is 11.8 Å². The summed E-state index contributed by atoms with van der Waals surface area (Å²) < 4.78 is 73.6. The molecule has 0 spiro atoms. The van der Waals surface area contributed by atoms with Gasteiger partial charge in [0.1, 0.15) is 30.4 Å². The molecule has 17 heteroatoms. The lowest BCUT2D eigenvalue weighted by Crippen LogP contribution is -2.59. The Hall–Kier alpha value is -4.28. The number of nitrogens with zero attached hydrogens (tertiary/aromatic N) is 2. The summed E-state index contributed by atoms with van der Waals surface area (Å²) in [5.74, 6) is -2.37. The van der Waals surface area contributed by atoms with Crippen molar-refractivity contribution in [3.8, 4) is 11.8 Å². The van der Waals surface area contributed by atoms with Gasteiger partial charge in [0.15, 0.2) is 0 Å². The first-order valence-electron chi connectivity index (χ1n) is 18.9. The second-order valence-corrected chi connectivity index (χ2v) is 17.4. The Morgan fingerprint density at radius 2 is 1.86 bits per heavy atom. The number of methoxy groups -OCH3 is 1. The predicted octanol–water partition coefficient (Wildman–Crippen LogP) is 6.18. The molecular weight excluding hydrogens is 759 g/mol. The van der Waals surface area contributed by atoms with Crippen LogP contribution in [-0.2, 0) is 19.1 Å². The zero-order chi connectivity index (χ0) is 40.6. The number of halogens is 4. The van der Waals surface area contributed by atoms with E-state index in [-0.39, 0.29) is 43.0 Å². The van der Waals surface area contributed by atoms with E-state index in [1.807, 2.05) is 31.2 Å². The number of hydrogen-bond donors (Lipinski definition) is 3. The number of nitrogens with one attached hydrogen (secondary N) is 3. The van der Waals surface area contributed by atoms with Crippen LogP contribution in [0.4, 0.5) is 22.4 Å². The molecule has 3 fully saturated rings. The number of fused-ring (bicyclic) bond motifs is 3. The van der Waals surface area contributed by atoms with Crippen molar-refractivity contribution in [1.82, 2.24) is 25.2 Å². The summed E-state index contributed by atoms with van der Waals surface area (Å²) in [5, 5.41) is 6.75. The Balaban J connectivity index is 1.34. The number of aromatic nitrogens is 1. The summed E-state index contributed by atoms with van der Waals surface area (Å²) in [4.78, 5) is 61.9. The van der Waals surface area contributed by atoms with E-state index in [0.29, 0.717) is 51.3 Å². The van der Waals surface area contributed by atoms with E-state index < -0.39 is 76.7 Å². The van der Waals surface area contributed by atoms with Crippen molar-refractivity contribution in [2.24, 2.45) is 17.8 Å². The van der Waals surface area contributed by atoms with Gasteiger partial charge >= 0.3 is 12.3 Å². The molecule has 0 bridgehead atoms. The number of hydrogen-bond acceptors (Lipinski definition) is 9. The first-order valence-corrected chi connectivity index (χ1v) is 19.7. The molecule has 12 nitrogen and oxygen atoms in total. The summed E-state index contributed by atoms with van der Waals surface area (Å²) in [6, 6.07) is 6.41. The van der Waals surface area contributed by atoms with Crippen molar-refractivity contribution >= 4 is 46.5 Å². The average molecular weight is 808 g/mol. The normalized spacial score (nSPS) is 29.8. The van der Waals surface area contributed by atoms with Crippen molar-refractivity contribution in [2.45, 2.75) is 113 Å². The van der Waals surface area contributed by atoms with Crippen LogP contribution in [-0.4, -0.2) is 94.3 Å². The molecule has 2 aromatic rings. The highest BCUT2D eigenvalue weighted by molar-refractivity contribution is 7.99. The smallest absolute Gasteiger partial charge is 0.427 e. The lowest BCUT2D eigenvalue weighted by Gasteiger charge is -2.34. The van der Waals surface area contributed by atoms with Gasteiger partial charge in [-0.25, -0.2) is 9.18 Å². The van der Waals surface area contributed by atoms with Gasteiger partial charge in [-0.1, -0.05) is 44.2 Å². The fraction of sp³-hybridized carbons (Fsp3) is 0.615. The average Bonchev–Trinajstić information content (AvgIpc) is 4.04. The number of carbonyl (C=O) groups is 4. The third-order valence-electron chi connectivity index (χ3n) is 11.3. The maximum absolute atomic E-state index is 14.7. The van der Waals surface area contributed by atoms with Gasteiger partial charge in [-0.15, -0.1) is 0 Å². The molecule has 2 aliphatic carbocycles. The van der Waals surface area contributed by atoms with Gasteiger partial charge in [-0.05, 0) is 87.6 Å². The van der Waals surface area contributed by atoms with Gasteiger partial charge in [0.05, 0.1) is 18.4 Å². The Morgan fingerprint density at radius 1 is 1.12 bits per heavy atom. The van der Waals surface area contributed by atoms with Crippen molar-refractivity contribution in [3.05, 3.63) is 42.5 Å². The van der Waals surface area contributed by atoms with Crippen LogP contribution in [0, 0.1) is 17.8 Å². The Kier molecular flexibility index (Phi) is 11.8. The number of carbonyl (C=O) groups excluding carboxylic acids is 4. The molecule has 56 heavy (non-hydrogen) atoms. The highest BCUT2D eigenvalue weighted by atomic mass is 32.2. The largest absolute Gasteiger partial charge is 0.481 e. The van der Waals surface area contributed by atoms with Crippen molar-refractivity contribution in [2.75, 3.05) is 20.3 Å². The second-order valence-electron chi connectivity index (χ2n) is 16.1. The number of alkyl carbamates (subject to hydrolysis) is 1. The van der Waals surface area contributed by atoms with Crippen LogP contribution in [0.3, 0.4) is 0 Å². The summed E-state index contributed by atoms with van der Waals surface area (Å²) in [6.07, 6.45) is -0.170. The fourth-order valence-corrected chi connectivity index (χ4v) is 8.26. The van der Waals surface area contributed by atoms with E-state index in [4.69, 9.17) is 14.2 Å². The monoisotopic (exact) mass is 807 g/mol.